The maximum atomic E-state index is 8.87. The molecular weight excluding hydrogens is 246 g/mol. The van der Waals surface area contributed by atoms with E-state index in [0.29, 0.717) is 5.82 Å². The summed E-state index contributed by atoms with van der Waals surface area (Å²) in [4.78, 5) is 1.39. The summed E-state index contributed by atoms with van der Waals surface area (Å²) in [5.74, 6) is 1.30. The molecule has 0 saturated heterocycles. The molecule has 1 aromatic heterocycles. The van der Waals surface area contributed by atoms with E-state index in [1.807, 2.05) is 18.2 Å². The van der Waals surface area contributed by atoms with Crippen LogP contribution in [-0.2, 0) is 20.1 Å². The number of tetrazole rings is 1. The molecule has 0 amide bonds. The zero-order valence-electron chi connectivity index (χ0n) is 10.4. The Balaban J connectivity index is 1.73. The van der Waals surface area contributed by atoms with Crippen LogP contribution in [0, 0.1) is 0 Å². The average Bonchev–Trinajstić information content (AvgIpc) is 3.01. The van der Waals surface area contributed by atoms with E-state index in [-0.39, 0.29) is 6.61 Å². The first-order chi connectivity index (χ1) is 9.26. The molecule has 0 atom stereocenters. The van der Waals surface area contributed by atoms with Crippen molar-refractivity contribution >= 4 is 5.71 Å². The zero-order valence-corrected chi connectivity index (χ0v) is 10.4. The lowest BCUT2D eigenvalue weighted by atomic mass is 10.1. The van der Waals surface area contributed by atoms with Crippen LogP contribution in [0.4, 0.5) is 0 Å². The Labute approximate surface area is 109 Å². The molecule has 1 aliphatic carbocycles. The SMILES string of the molecule is Cn1nnc(COc2ccc3c(c2)CC/C3=N\O)n1. The van der Waals surface area contributed by atoms with E-state index < -0.39 is 0 Å². The normalized spacial score (nSPS) is 15.7. The average molecular weight is 259 g/mol. The molecule has 7 heteroatoms. The molecule has 1 heterocycles. The number of nitrogens with zero attached hydrogens (tertiary/aromatic N) is 5. The third kappa shape index (κ3) is 2.26. The number of benzene rings is 1. The van der Waals surface area contributed by atoms with Gasteiger partial charge in [-0.1, -0.05) is 5.16 Å². The molecule has 0 fully saturated rings. The molecule has 0 radical (unpaired) electrons. The standard InChI is InChI=1S/C12H13N5O2/c1-17-14-12(13-16-17)7-19-9-3-4-10-8(6-9)2-5-11(10)15-18/h3-4,6,18H,2,5,7H2,1H3/b15-11+. The van der Waals surface area contributed by atoms with E-state index >= 15 is 0 Å². The van der Waals surface area contributed by atoms with Gasteiger partial charge in [0.1, 0.15) is 5.75 Å². The molecule has 0 saturated carbocycles. The van der Waals surface area contributed by atoms with Gasteiger partial charge < -0.3 is 9.94 Å². The Hall–Kier alpha value is -2.44. The zero-order chi connectivity index (χ0) is 13.2. The van der Waals surface area contributed by atoms with E-state index in [0.717, 1.165) is 35.4 Å². The number of fused-ring (bicyclic) bond motifs is 1. The minimum absolute atomic E-state index is 0.285. The fourth-order valence-electron chi connectivity index (χ4n) is 2.17. The molecule has 1 N–H and O–H groups in total. The fraction of sp³-hybridized carbons (Fsp3) is 0.333. The van der Waals surface area contributed by atoms with Crippen molar-refractivity contribution in [2.24, 2.45) is 12.2 Å². The van der Waals surface area contributed by atoms with Crippen molar-refractivity contribution in [1.82, 2.24) is 20.2 Å². The van der Waals surface area contributed by atoms with E-state index in [9.17, 15) is 0 Å². The lowest BCUT2D eigenvalue weighted by molar-refractivity contribution is 0.295. The smallest absolute Gasteiger partial charge is 0.212 e. The number of hydrogen-bond acceptors (Lipinski definition) is 6. The van der Waals surface area contributed by atoms with Crippen LogP contribution in [0.1, 0.15) is 23.4 Å². The van der Waals surface area contributed by atoms with Crippen molar-refractivity contribution in [3.63, 3.8) is 0 Å². The van der Waals surface area contributed by atoms with Crippen LogP contribution in [0.25, 0.3) is 0 Å². The van der Waals surface area contributed by atoms with Crippen LogP contribution in [0.3, 0.4) is 0 Å². The van der Waals surface area contributed by atoms with Crippen LogP contribution in [0.2, 0.25) is 0 Å². The van der Waals surface area contributed by atoms with Gasteiger partial charge in [0.05, 0.1) is 12.8 Å². The summed E-state index contributed by atoms with van der Waals surface area (Å²) in [5, 5.41) is 23.8. The molecule has 7 nitrogen and oxygen atoms in total. The second-order valence-electron chi connectivity index (χ2n) is 4.35. The number of aryl methyl sites for hydroxylation is 2. The van der Waals surface area contributed by atoms with Gasteiger partial charge in [-0.3, -0.25) is 0 Å². The predicted molar refractivity (Wildman–Crippen MR) is 66.2 cm³/mol. The fourth-order valence-corrected chi connectivity index (χ4v) is 2.17. The molecule has 0 aliphatic heterocycles. The number of ether oxygens (including phenoxy) is 1. The summed E-state index contributed by atoms with van der Waals surface area (Å²) in [6.07, 6.45) is 1.64. The molecule has 1 aromatic carbocycles. The summed E-state index contributed by atoms with van der Waals surface area (Å²) in [5.41, 5.74) is 2.86. The van der Waals surface area contributed by atoms with Gasteiger partial charge in [0.25, 0.3) is 0 Å². The first kappa shape index (κ1) is 11.6. The Morgan fingerprint density at radius 1 is 1.42 bits per heavy atom. The van der Waals surface area contributed by atoms with Crippen LogP contribution in [0.15, 0.2) is 23.4 Å². The maximum Gasteiger partial charge on any atom is 0.212 e. The summed E-state index contributed by atoms with van der Waals surface area (Å²) >= 11 is 0. The summed E-state index contributed by atoms with van der Waals surface area (Å²) in [7, 11) is 1.71. The highest BCUT2D eigenvalue weighted by molar-refractivity contribution is 6.04. The monoisotopic (exact) mass is 259 g/mol. The molecule has 0 spiro atoms. The van der Waals surface area contributed by atoms with Crippen molar-refractivity contribution in [2.45, 2.75) is 19.4 Å². The van der Waals surface area contributed by atoms with Crippen molar-refractivity contribution in [2.75, 3.05) is 0 Å². The van der Waals surface area contributed by atoms with Crippen molar-refractivity contribution in [1.29, 1.82) is 0 Å². The minimum Gasteiger partial charge on any atom is -0.485 e. The number of aromatic nitrogens is 4. The van der Waals surface area contributed by atoms with Gasteiger partial charge in [0.2, 0.25) is 5.82 Å². The third-order valence-corrected chi connectivity index (χ3v) is 3.06. The minimum atomic E-state index is 0.285. The van der Waals surface area contributed by atoms with Crippen LogP contribution < -0.4 is 4.74 Å². The van der Waals surface area contributed by atoms with E-state index in [1.54, 1.807) is 7.05 Å². The Morgan fingerprint density at radius 3 is 3.05 bits per heavy atom. The van der Waals surface area contributed by atoms with Gasteiger partial charge in [0, 0.05) is 5.56 Å². The summed E-state index contributed by atoms with van der Waals surface area (Å²) < 4.78 is 5.62. The van der Waals surface area contributed by atoms with E-state index in [2.05, 4.69) is 20.6 Å². The van der Waals surface area contributed by atoms with Crippen LogP contribution in [-0.4, -0.2) is 31.1 Å². The Morgan fingerprint density at radius 2 is 2.32 bits per heavy atom. The van der Waals surface area contributed by atoms with Gasteiger partial charge in [-0.05, 0) is 41.8 Å². The lowest BCUT2D eigenvalue weighted by Crippen LogP contribution is -2.00. The lowest BCUT2D eigenvalue weighted by Gasteiger charge is -2.05. The summed E-state index contributed by atoms with van der Waals surface area (Å²) in [6, 6.07) is 5.73. The largest absolute Gasteiger partial charge is 0.485 e. The van der Waals surface area contributed by atoms with Crippen LogP contribution in [0.5, 0.6) is 5.75 Å². The highest BCUT2D eigenvalue weighted by Gasteiger charge is 2.18. The number of oxime groups is 1. The second kappa shape index (κ2) is 4.68. The molecule has 19 heavy (non-hydrogen) atoms. The highest BCUT2D eigenvalue weighted by atomic mass is 16.5. The van der Waals surface area contributed by atoms with Gasteiger partial charge in [0.15, 0.2) is 6.61 Å². The van der Waals surface area contributed by atoms with Gasteiger partial charge in [-0.15, -0.1) is 10.2 Å². The van der Waals surface area contributed by atoms with Crippen LogP contribution >= 0.6 is 0 Å². The molecule has 98 valence electrons. The number of hydrogen-bond donors (Lipinski definition) is 1. The topological polar surface area (TPSA) is 85.4 Å². The molecule has 0 unspecified atom stereocenters. The molecule has 2 aromatic rings. The first-order valence-electron chi connectivity index (χ1n) is 5.96. The molecule has 0 bridgehead atoms. The molecule has 3 rings (SSSR count). The van der Waals surface area contributed by atoms with E-state index in [1.165, 1.54) is 4.80 Å². The molecular formula is C12H13N5O2. The number of rotatable bonds is 3. The van der Waals surface area contributed by atoms with Crippen molar-refractivity contribution in [3.05, 3.63) is 35.2 Å². The van der Waals surface area contributed by atoms with Gasteiger partial charge >= 0.3 is 0 Å². The second-order valence-corrected chi connectivity index (χ2v) is 4.35. The van der Waals surface area contributed by atoms with E-state index in [4.69, 9.17) is 9.94 Å². The maximum absolute atomic E-state index is 8.87. The Kier molecular flexibility index (Phi) is 2.86. The Bertz CT molecular complexity index is 635. The van der Waals surface area contributed by atoms with Crippen molar-refractivity contribution in [3.8, 4) is 5.75 Å². The van der Waals surface area contributed by atoms with Gasteiger partial charge in [-0.25, -0.2) is 0 Å². The first-order valence-corrected chi connectivity index (χ1v) is 5.96. The summed E-state index contributed by atoms with van der Waals surface area (Å²) in [6.45, 7) is 0.285. The highest BCUT2D eigenvalue weighted by Crippen LogP contribution is 2.26. The quantitative estimate of drug-likeness (QED) is 0.654. The van der Waals surface area contributed by atoms with Crippen molar-refractivity contribution < 1.29 is 9.94 Å². The third-order valence-electron chi connectivity index (χ3n) is 3.06. The van der Waals surface area contributed by atoms with Gasteiger partial charge in [-0.2, -0.15) is 4.80 Å². The predicted octanol–water partition coefficient (Wildman–Crippen LogP) is 0.914. The molecule has 1 aliphatic rings.